The molecule has 1 atom stereocenters. The average Bonchev–Trinajstić information content (AvgIpc) is 2.94. The summed E-state index contributed by atoms with van der Waals surface area (Å²) in [6.45, 7) is 2.08. The number of nitrogens with two attached hydrogens (primary N) is 1. The molecule has 3 heterocycles. The summed E-state index contributed by atoms with van der Waals surface area (Å²) in [5.41, 5.74) is 11.0. The van der Waals surface area contributed by atoms with Crippen LogP contribution in [0.15, 0.2) is 23.6 Å². The summed E-state index contributed by atoms with van der Waals surface area (Å²) in [6.07, 6.45) is 2.24. The van der Waals surface area contributed by atoms with E-state index in [2.05, 4.69) is 22.4 Å². The molecule has 0 fully saturated rings. The summed E-state index contributed by atoms with van der Waals surface area (Å²) >= 11 is 1.90. The van der Waals surface area contributed by atoms with Crippen molar-refractivity contribution in [2.75, 3.05) is 19.4 Å². The van der Waals surface area contributed by atoms with Gasteiger partial charge >= 0.3 is 0 Å². The van der Waals surface area contributed by atoms with Crippen LogP contribution in [0.5, 0.6) is 5.75 Å². The molecule has 2 N–H and O–H groups in total. The summed E-state index contributed by atoms with van der Waals surface area (Å²) in [5, 5.41) is 2.23. The van der Waals surface area contributed by atoms with Gasteiger partial charge in [-0.1, -0.05) is 6.07 Å². The lowest BCUT2D eigenvalue weighted by atomic mass is 9.86. The Balaban J connectivity index is 1.79. The molecule has 1 unspecified atom stereocenters. The summed E-state index contributed by atoms with van der Waals surface area (Å²) in [4.78, 5) is 4.14. The first-order valence-electron chi connectivity index (χ1n) is 7.02. The molecule has 0 saturated carbocycles. The van der Waals surface area contributed by atoms with Crippen LogP contribution in [0.1, 0.15) is 27.6 Å². The lowest BCUT2D eigenvalue weighted by molar-refractivity contribution is 0.160. The minimum absolute atomic E-state index is 0.533. The van der Waals surface area contributed by atoms with E-state index >= 15 is 0 Å². The first-order valence-corrected chi connectivity index (χ1v) is 7.90. The molecule has 2 aliphatic heterocycles. The van der Waals surface area contributed by atoms with Gasteiger partial charge in [-0.2, -0.15) is 0 Å². The molecule has 0 spiro atoms. The first kappa shape index (κ1) is 12.2. The topological polar surface area (TPSA) is 38.5 Å². The lowest BCUT2D eigenvalue weighted by Crippen LogP contribution is -2.38. The number of anilines is 1. The molecule has 104 valence electrons. The van der Waals surface area contributed by atoms with Gasteiger partial charge in [0, 0.05) is 29.6 Å². The highest BCUT2D eigenvalue weighted by molar-refractivity contribution is 7.10. The van der Waals surface area contributed by atoms with Crippen LogP contribution < -0.4 is 10.5 Å². The SMILES string of the molecule is COc1c(N)ccc2c1CN1CCc3sccc3C1C2. The van der Waals surface area contributed by atoms with Crippen molar-refractivity contribution in [2.45, 2.75) is 25.4 Å². The number of benzene rings is 1. The minimum atomic E-state index is 0.533. The van der Waals surface area contributed by atoms with Gasteiger partial charge in [-0.15, -0.1) is 11.3 Å². The van der Waals surface area contributed by atoms with Crippen LogP contribution in [0.2, 0.25) is 0 Å². The van der Waals surface area contributed by atoms with Gasteiger partial charge in [-0.05, 0) is 41.5 Å². The quantitative estimate of drug-likeness (QED) is 0.819. The Labute approximate surface area is 123 Å². The van der Waals surface area contributed by atoms with Crippen LogP contribution in [-0.2, 0) is 19.4 Å². The summed E-state index contributed by atoms with van der Waals surface area (Å²) < 4.78 is 5.53. The number of hydrogen-bond acceptors (Lipinski definition) is 4. The molecule has 0 saturated heterocycles. The van der Waals surface area contributed by atoms with Crippen molar-refractivity contribution in [2.24, 2.45) is 0 Å². The highest BCUT2D eigenvalue weighted by Crippen LogP contribution is 2.43. The van der Waals surface area contributed by atoms with Gasteiger partial charge in [0.05, 0.1) is 12.8 Å². The molecular formula is C16H18N2OS. The Bertz CT molecular complexity index is 664. The number of nitrogen functional groups attached to an aromatic ring is 1. The molecular weight excluding hydrogens is 268 g/mol. The molecule has 3 nitrogen and oxygen atoms in total. The predicted octanol–water partition coefficient (Wildman–Crippen LogP) is 2.99. The minimum Gasteiger partial charge on any atom is -0.494 e. The molecule has 20 heavy (non-hydrogen) atoms. The van der Waals surface area contributed by atoms with E-state index in [9.17, 15) is 0 Å². The number of fused-ring (bicyclic) bond motifs is 4. The molecule has 0 aliphatic carbocycles. The second-order valence-electron chi connectivity index (χ2n) is 5.57. The summed E-state index contributed by atoms with van der Waals surface area (Å²) in [7, 11) is 1.71. The molecule has 1 aromatic carbocycles. The fourth-order valence-corrected chi connectivity index (χ4v) is 4.51. The summed E-state index contributed by atoms with van der Waals surface area (Å²) in [6, 6.07) is 6.98. The Morgan fingerprint density at radius 3 is 3.10 bits per heavy atom. The molecule has 4 heteroatoms. The van der Waals surface area contributed by atoms with Crippen molar-refractivity contribution < 1.29 is 4.74 Å². The third-order valence-corrected chi connectivity index (χ3v) is 5.57. The number of methoxy groups -OCH3 is 1. The van der Waals surface area contributed by atoms with Crippen LogP contribution in [-0.4, -0.2) is 18.6 Å². The third kappa shape index (κ3) is 1.68. The van der Waals surface area contributed by atoms with E-state index in [1.165, 1.54) is 23.1 Å². The maximum atomic E-state index is 6.04. The smallest absolute Gasteiger partial charge is 0.146 e. The van der Waals surface area contributed by atoms with E-state index in [1.807, 2.05) is 17.4 Å². The zero-order valence-electron chi connectivity index (χ0n) is 11.6. The Kier molecular flexibility index (Phi) is 2.75. The second kappa shape index (κ2) is 4.50. The fraction of sp³-hybridized carbons (Fsp3) is 0.375. The predicted molar refractivity (Wildman–Crippen MR) is 82.3 cm³/mol. The van der Waals surface area contributed by atoms with Gasteiger partial charge < -0.3 is 10.5 Å². The fourth-order valence-electron chi connectivity index (χ4n) is 3.58. The highest BCUT2D eigenvalue weighted by atomic mass is 32.1. The monoisotopic (exact) mass is 286 g/mol. The van der Waals surface area contributed by atoms with E-state index in [-0.39, 0.29) is 0 Å². The van der Waals surface area contributed by atoms with Gasteiger partial charge in [0.25, 0.3) is 0 Å². The Morgan fingerprint density at radius 2 is 2.25 bits per heavy atom. The maximum Gasteiger partial charge on any atom is 0.146 e. The van der Waals surface area contributed by atoms with Crippen LogP contribution in [0.25, 0.3) is 0 Å². The van der Waals surface area contributed by atoms with Crippen LogP contribution >= 0.6 is 11.3 Å². The standard InChI is InChI=1S/C16H18N2OS/c1-19-16-12-9-18-6-4-15-11(5-7-20-15)14(18)8-10(12)2-3-13(16)17/h2-3,5,7,14H,4,6,8-9,17H2,1H3. The van der Waals surface area contributed by atoms with E-state index in [0.29, 0.717) is 6.04 Å². The van der Waals surface area contributed by atoms with Crippen LogP contribution in [0.4, 0.5) is 5.69 Å². The molecule has 1 aromatic heterocycles. The first-order chi connectivity index (χ1) is 9.78. The molecule has 2 aliphatic rings. The zero-order chi connectivity index (χ0) is 13.7. The van der Waals surface area contributed by atoms with Crippen molar-refractivity contribution >= 4 is 17.0 Å². The number of ether oxygens (including phenoxy) is 1. The molecule has 0 radical (unpaired) electrons. The Hall–Kier alpha value is -1.52. The average molecular weight is 286 g/mol. The number of nitrogens with zero attached hydrogens (tertiary/aromatic N) is 1. The zero-order valence-corrected chi connectivity index (χ0v) is 12.4. The van der Waals surface area contributed by atoms with Gasteiger partial charge in [0.2, 0.25) is 0 Å². The number of hydrogen-bond donors (Lipinski definition) is 1. The maximum absolute atomic E-state index is 6.04. The molecule has 4 rings (SSSR count). The normalized spacial score (nSPS) is 20.9. The number of rotatable bonds is 1. The van der Waals surface area contributed by atoms with E-state index < -0.39 is 0 Å². The van der Waals surface area contributed by atoms with Crippen molar-refractivity contribution in [1.82, 2.24) is 4.90 Å². The van der Waals surface area contributed by atoms with Crippen LogP contribution in [0, 0.1) is 0 Å². The van der Waals surface area contributed by atoms with Crippen molar-refractivity contribution in [3.63, 3.8) is 0 Å². The van der Waals surface area contributed by atoms with E-state index in [4.69, 9.17) is 10.5 Å². The highest BCUT2D eigenvalue weighted by Gasteiger charge is 2.34. The van der Waals surface area contributed by atoms with E-state index in [0.717, 1.165) is 30.9 Å². The van der Waals surface area contributed by atoms with Crippen molar-refractivity contribution in [1.29, 1.82) is 0 Å². The largest absolute Gasteiger partial charge is 0.494 e. The van der Waals surface area contributed by atoms with E-state index in [1.54, 1.807) is 12.0 Å². The third-order valence-electron chi connectivity index (χ3n) is 4.57. The van der Waals surface area contributed by atoms with Gasteiger partial charge in [-0.3, -0.25) is 4.90 Å². The lowest BCUT2D eigenvalue weighted by Gasteiger charge is -2.40. The van der Waals surface area contributed by atoms with Gasteiger partial charge in [-0.25, -0.2) is 0 Å². The molecule has 2 aromatic rings. The van der Waals surface area contributed by atoms with Crippen molar-refractivity contribution in [3.8, 4) is 5.75 Å². The van der Waals surface area contributed by atoms with Crippen molar-refractivity contribution in [3.05, 3.63) is 45.1 Å². The molecule has 0 amide bonds. The Morgan fingerprint density at radius 1 is 1.35 bits per heavy atom. The van der Waals surface area contributed by atoms with Gasteiger partial charge in [0.1, 0.15) is 5.75 Å². The second-order valence-corrected chi connectivity index (χ2v) is 6.57. The molecule has 0 bridgehead atoms. The van der Waals surface area contributed by atoms with Gasteiger partial charge in [0.15, 0.2) is 0 Å². The van der Waals surface area contributed by atoms with Crippen LogP contribution in [0.3, 0.4) is 0 Å². The number of thiophene rings is 1. The summed E-state index contributed by atoms with van der Waals surface area (Å²) in [5.74, 6) is 0.872.